The van der Waals surface area contributed by atoms with Crippen LogP contribution in [0.1, 0.15) is 43.9 Å². The molecule has 0 aliphatic heterocycles. The third-order valence-electron chi connectivity index (χ3n) is 3.50. The van der Waals surface area contributed by atoms with Gasteiger partial charge in [0, 0.05) is 26.1 Å². The first-order chi connectivity index (χ1) is 7.98. The summed E-state index contributed by atoms with van der Waals surface area (Å²) in [5.74, 6) is -2.64. The summed E-state index contributed by atoms with van der Waals surface area (Å²) >= 11 is 0. The molecule has 0 spiro atoms. The summed E-state index contributed by atoms with van der Waals surface area (Å²) in [7, 11) is 1.74. The van der Waals surface area contributed by atoms with Crippen molar-refractivity contribution in [2.75, 3.05) is 0 Å². The van der Waals surface area contributed by atoms with Crippen LogP contribution in [0, 0.1) is 5.92 Å². The van der Waals surface area contributed by atoms with Crippen molar-refractivity contribution in [3.8, 4) is 0 Å². The number of hydrogen-bond acceptors (Lipinski definition) is 2. The number of alkyl halides is 2. The molecule has 5 heteroatoms. The van der Waals surface area contributed by atoms with Crippen LogP contribution in [0.5, 0.6) is 0 Å². The van der Waals surface area contributed by atoms with E-state index in [1.165, 1.54) is 0 Å². The number of nitrogens with zero attached hydrogens (tertiary/aromatic N) is 2. The van der Waals surface area contributed by atoms with Crippen LogP contribution in [0.2, 0.25) is 0 Å². The number of aliphatic hydroxyl groups is 1. The van der Waals surface area contributed by atoms with Gasteiger partial charge in [-0.2, -0.15) is 5.10 Å². The number of aliphatic hydroxyl groups excluding tert-OH is 1. The fourth-order valence-electron chi connectivity index (χ4n) is 2.62. The Balaban J connectivity index is 1.95. The molecule has 96 valence electrons. The Kier molecular flexibility index (Phi) is 3.47. The number of rotatable bonds is 3. The number of halogens is 2. The molecule has 1 aliphatic rings. The van der Waals surface area contributed by atoms with Crippen LogP contribution in [0.4, 0.5) is 8.78 Å². The molecular weight excluding hydrogens is 226 g/mol. The minimum Gasteiger partial charge on any atom is -0.387 e. The van der Waals surface area contributed by atoms with Gasteiger partial charge >= 0.3 is 0 Å². The zero-order valence-electron chi connectivity index (χ0n) is 9.94. The Morgan fingerprint density at radius 3 is 3.00 bits per heavy atom. The second-order valence-electron chi connectivity index (χ2n) is 4.95. The predicted molar refractivity (Wildman–Crippen MR) is 59.7 cm³/mol. The van der Waals surface area contributed by atoms with Crippen molar-refractivity contribution in [2.45, 2.75) is 44.1 Å². The van der Waals surface area contributed by atoms with Crippen LogP contribution in [0.25, 0.3) is 0 Å². The lowest BCUT2D eigenvalue weighted by Crippen LogP contribution is -2.27. The number of aromatic nitrogens is 2. The molecular formula is C12H18F2N2O. The Labute approximate surface area is 99.4 Å². The topological polar surface area (TPSA) is 38.0 Å². The van der Waals surface area contributed by atoms with E-state index in [1.807, 2.05) is 0 Å². The molecule has 3 nitrogen and oxygen atoms in total. The summed E-state index contributed by atoms with van der Waals surface area (Å²) in [4.78, 5) is 0. The maximum Gasteiger partial charge on any atom is 0.248 e. The molecule has 1 heterocycles. The molecule has 0 saturated heterocycles. The van der Waals surface area contributed by atoms with Crippen LogP contribution in [-0.2, 0) is 7.05 Å². The number of hydrogen-bond donors (Lipinski definition) is 1. The lowest BCUT2D eigenvalue weighted by atomic mass is 9.83. The molecule has 2 atom stereocenters. The summed E-state index contributed by atoms with van der Waals surface area (Å²) in [6.45, 7) is 0. The van der Waals surface area contributed by atoms with E-state index in [2.05, 4.69) is 5.10 Å². The lowest BCUT2D eigenvalue weighted by Gasteiger charge is -2.30. The molecule has 1 fully saturated rings. The highest BCUT2D eigenvalue weighted by Gasteiger charge is 2.37. The normalized spacial score (nSPS) is 25.8. The van der Waals surface area contributed by atoms with Crippen molar-refractivity contribution in [1.29, 1.82) is 0 Å². The summed E-state index contributed by atoms with van der Waals surface area (Å²) in [5, 5.41) is 14.0. The van der Waals surface area contributed by atoms with Crippen LogP contribution in [0.3, 0.4) is 0 Å². The minimum absolute atomic E-state index is 0.00863. The summed E-state index contributed by atoms with van der Waals surface area (Å²) < 4.78 is 28.0. The van der Waals surface area contributed by atoms with Gasteiger partial charge in [-0.05, 0) is 31.2 Å². The Hall–Kier alpha value is -0.970. The second kappa shape index (κ2) is 4.72. The zero-order valence-corrected chi connectivity index (χ0v) is 9.94. The quantitative estimate of drug-likeness (QED) is 0.887. The van der Waals surface area contributed by atoms with Gasteiger partial charge in [-0.3, -0.25) is 4.68 Å². The fraction of sp³-hybridized carbons (Fsp3) is 0.750. The van der Waals surface area contributed by atoms with E-state index in [-0.39, 0.29) is 18.8 Å². The molecule has 0 aromatic carbocycles. The van der Waals surface area contributed by atoms with Crippen molar-refractivity contribution < 1.29 is 13.9 Å². The summed E-state index contributed by atoms with van der Waals surface area (Å²) in [6, 6.07) is 1.73. The summed E-state index contributed by atoms with van der Waals surface area (Å²) in [5.41, 5.74) is 0.693. The highest BCUT2D eigenvalue weighted by molar-refractivity contribution is 5.04. The van der Waals surface area contributed by atoms with E-state index in [1.54, 1.807) is 24.0 Å². The molecule has 1 N–H and O–H groups in total. The second-order valence-corrected chi connectivity index (χ2v) is 4.95. The van der Waals surface area contributed by atoms with Crippen LogP contribution >= 0.6 is 0 Å². The van der Waals surface area contributed by atoms with Gasteiger partial charge in [0.2, 0.25) is 5.92 Å². The first kappa shape index (κ1) is 12.5. The van der Waals surface area contributed by atoms with Gasteiger partial charge in [0.15, 0.2) is 0 Å². The Morgan fingerprint density at radius 2 is 2.41 bits per heavy atom. The van der Waals surface area contributed by atoms with E-state index in [9.17, 15) is 13.9 Å². The molecule has 2 rings (SSSR count). The van der Waals surface area contributed by atoms with Gasteiger partial charge < -0.3 is 5.11 Å². The van der Waals surface area contributed by atoms with Gasteiger partial charge in [0.05, 0.1) is 11.8 Å². The molecule has 1 aromatic heterocycles. The van der Waals surface area contributed by atoms with Gasteiger partial charge in [-0.1, -0.05) is 0 Å². The molecule has 0 radical (unpaired) electrons. The van der Waals surface area contributed by atoms with Crippen molar-refractivity contribution in [3.63, 3.8) is 0 Å². The molecule has 17 heavy (non-hydrogen) atoms. The van der Waals surface area contributed by atoms with E-state index >= 15 is 0 Å². The van der Waals surface area contributed by atoms with Gasteiger partial charge in [0.25, 0.3) is 0 Å². The Morgan fingerprint density at radius 1 is 1.65 bits per heavy atom. The van der Waals surface area contributed by atoms with Crippen LogP contribution in [0.15, 0.2) is 12.3 Å². The van der Waals surface area contributed by atoms with Crippen molar-refractivity contribution in [3.05, 3.63) is 18.0 Å². The van der Waals surface area contributed by atoms with Crippen molar-refractivity contribution in [2.24, 2.45) is 13.0 Å². The average Bonchev–Trinajstić information content (AvgIpc) is 2.62. The van der Waals surface area contributed by atoms with Gasteiger partial charge in [-0.25, -0.2) is 8.78 Å². The lowest BCUT2D eigenvalue weighted by molar-refractivity contribution is -0.0593. The van der Waals surface area contributed by atoms with Gasteiger partial charge in [-0.15, -0.1) is 0 Å². The first-order valence-electron chi connectivity index (χ1n) is 6.02. The maximum absolute atomic E-state index is 13.2. The molecule has 1 aromatic rings. The van der Waals surface area contributed by atoms with Crippen molar-refractivity contribution >= 4 is 0 Å². The third kappa shape index (κ3) is 3.03. The van der Waals surface area contributed by atoms with Gasteiger partial charge in [0.1, 0.15) is 0 Å². The standard InChI is InChI=1S/C12H18F2N2O/c1-16-10(4-6-15-16)11(17)7-9-3-2-5-12(13,14)8-9/h4,6,9,11,17H,2-3,5,7-8H2,1H3. The molecule has 2 unspecified atom stereocenters. The van der Waals surface area contributed by atoms with Crippen molar-refractivity contribution in [1.82, 2.24) is 9.78 Å². The minimum atomic E-state index is -2.55. The highest BCUT2D eigenvalue weighted by atomic mass is 19.3. The predicted octanol–water partition coefficient (Wildman–Crippen LogP) is 2.67. The van der Waals surface area contributed by atoms with E-state index in [0.717, 1.165) is 6.42 Å². The highest BCUT2D eigenvalue weighted by Crippen LogP contribution is 2.40. The smallest absolute Gasteiger partial charge is 0.248 e. The SMILES string of the molecule is Cn1nccc1C(O)CC1CCCC(F)(F)C1. The van der Waals surface area contributed by atoms with E-state index in [0.29, 0.717) is 18.5 Å². The van der Waals surface area contributed by atoms with E-state index < -0.39 is 12.0 Å². The molecule has 1 aliphatic carbocycles. The molecule has 1 saturated carbocycles. The maximum atomic E-state index is 13.2. The fourth-order valence-corrected chi connectivity index (χ4v) is 2.62. The van der Waals surface area contributed by atoms with Crippen LogP contribution in [-0.4, -0.2) is 20.8 Å². The summed E-state index contributed by atoms with van der Waals surface area (Å²) in [6.07, 6.45) is 2.54. The third-order valence-corrected chi connectivity index (χ3v) is 3.50. The molecule has 0 bridgehead atoms. The number of aryl methyl sites for hydroxylation is 1. The first-order valence-corrected chi connectivity index (χ1v) is 6.02. The molecule has 0 amide bonds. The largest absolute Gasteiger partial charge is 0.387 e. The Bertz CT molecular complexity index is 378. The van der Waals surface area contributed by atoms with Crippen LogP contribution < -0.4 is 0 Å². The average molecular weight is 244 g/mol. The zero-order chi connectivity index (χ0) is 12.5. The monoisotopic (exact) mass is 244 g/mol. The van der Waals surface area contributed by atoms with E-state index in [4.69, 9.17) is 0 Å².